The van der Waals surface area contributed by atoms with Gasteiger partial charge in [-0.1, -0.05) is 13.0 Å². The van der Waals surface area contributed by atoms with Crippen LogP contribution in [0.3, 0.4) is 0 Å². The van der Waals surface area contributed by atoms with Crippen molar-refractivity contribution in [1.29, 1.82) is 0 Å². The molecular weight excluding hydrogens is 584 g/mol. The summed E-state index contributed by atoms with van der Waals surface area (Å²) in [6, 6.07) is 7.12. The van der Waals surface area contributed by atoms with Crippen molar-refractivity contribution in [2.75, 3.05) is 5.32 Å². The van der Waals surface area contributed by atoms with Crippen molar-refractivity contribution in [3.63, 3.8) is 0 Å². The summed E-state index contributed by atoms with van der Waals surface area (Å²) in [6.45, 7) is 9.39. The Kier molecular flexibility index (Phi) is 6.56. The maximum Gasteiger partial charge on any atom is 0.248 e. The number of likely N-dealkylation sites (tertiary alicyclic amines) is 1. The van der Waals surface area contributed by atoms with Crippen LogP contribution < -0.4 is 5.32 Å². The van der Waals surface area contributed by atoms with E-state index in [2.05, 4.69) is 43.1 Å². The molecule has 1 aliphatic heterocycles. The zero-order valence-electron chi connectivity index (χ0n) is 23.7. The van der Waals surface area contributed by atoms with E-state index < -0.39 is 6.04 Å². The molecule has 1 N–H and O–H groups in total. The minimum Gasteiger partial charge on any atom is -0.337 e. The monoisotopic (exact) mass is 614 g/mol. The van der Waals surface area contributed by atoms with Crippen LogP contribution in [0.4, 0.5) is 5.82 Å². The molecule has 2 fully saturated rings. The topological polar surface area (TPSA) is 110 Å². The van der Waals surface area contributed by atoms with Crippen molar-refractivity contribution >= 4 is 50.2 Å². The van der Waals surface area contributed by atoms with Gasteiger partial charge in [0.25, 0.3) is 0 Å². The van der Waals surface area contributed by atoms with Crippen LogP contribution >= 0.6 is 15.9 Å². The van der Waals surface area contributed by atoms with Gasteiger partial charge >= 0.3 is 0 Å². The molecule has 0 radical (unpaired) electrons. The van der Waals surface area contributed by atoms with Crippen LogP contribution in [-0.4, -0.2) is 54.1 Å². The van der Waals surface area contributed by atoms with Crippen molar-refractivity contribution in [3.8, 4) is 11.1 Å². The number of carbonyl (C=O) groups is 3. The van der Waals surface area contributed by atoms with Crippen molar-refractivity contribution in [2.24, 2.45) is 5.41 Å². The summed E-state index contributed by atoms with van der Waals surface area (Å²) in [5, 5.41) is 3.73. The van der Waals surface area contributed by atoms with Gasteiger partial charge in [0.05, 0.1) is 5.52 Å². The Labute approximate surface area is 246 Å². The largest absolute Gasteiger partial charge is 0.337 e. The van der Waals surface area contributed by atoms with E-state index in [9.17, 15) is 14.4 Å². The number of fused-ring (bicyclic) bond motifs is 2. The molecule has 1 unspecified atom stereocenters. The molecule has 1 aliphatic carbocycles. The van der Waals surface area contributed by atoms with Crippen LogP contribution in [0.15, 0.2) is 47.5 Å². The molecule has 10 heteroatoms. The summed E-state index contributed by atoms with van der Waals surface area (Å²) in [4.78, 5) is 54.9. The van der Waals surface area contributed by atoms with Crippen molar-refractivity contribution < 1.29 is 14.4 Å². The first kappa shape index (κ1) is 27.3. The smallest absolute Gasteiger partial charge is 0.248 e. The number of anilines is 1. The number of hydrogen-bond acceptors (Lipinski definition) is 6. The number of aryl methyl sites for hydroxylation is 3. The minimum atomic E-state index is -0.588. The van der Waals surface area contributed by atoms with Crippen LogP contribution in [0.25, 0.3) is 22.0 Å². The Balaban J connectivity index is 1.32. The second-order valence-corrected chi connectivity index (χ2v) is 12.4. The highest BCUT2D eigenvalue weighted by Gasteiger charge is 2.64. The summed E-state index contributed by atoms with van der Waals surface area (Å²) >= 11 is 3.37. The first-order valence-corrected chi connectivity index (χ1v) is 14.4. The number of carbonyl (C=O) groups excluding carboxylic acids is 3. The Bertz CT molecular complexity index is 1750. The lowest BCUT2D eigenvalue weighted by molar-refractivity contribution is -0.138. The molecule has 3 atom stereocenters. The van der Waals surface area contributed by atoms with E-state index in [0.29, 0.717) is 28.2 Å². The molecule has 4 heterocycles. The molecule has 210 valence electrons. The van der Waals surface area contributed by atoms with E-state index in [0.717, 1.165) is 39.6 Å². The number of ketones is 1. The quantitative estimate of drug-likeness (QED) is 0.230. The fourth-order valence-electron chi connectivity index (χ4n) is 6.19. The van der Waals surface area contributed by atoms with Gasteiger partial charge in [0, 0.05) is 41.1 Å². The summed E-state index contributed by atoms with van der Waals surface area (Å²) in [5.74, 6) is 0.712. The third kappa shape index (κ3) is 4.84. The Morgan fingerprint density at radius 2 is 1.78 bits per heavy atom. The van der Waals surface area contributed by atoms with Crippen LogP contribution in [0, 0.1) is 26.2 Å². The third-order valence-corrected chi connectivity index (χ3v) is 8.93. The molecule has 1 saturated carbocycles. The van der Waals surface area contributed by atoms with E-state index in [1.165, 1.54) is 6.92 Å². The molecule has 9 nitrogen and oxygen atoms in total. The summed E-state index contributed by atoms with van der Waals surface area (Å²) < 4.78 is 2.48. The third-order valence-electron chi connectivity index (χ3n) is 8.49. The molecule has 2 amide bonds. The Morgan fingerprint density at radius 1 is 1.05 bits per heavy atom. The van der Waals surface area contributed by atoms with E-state index in [4.69, 9.17) is 0 Å². The predicted molar refractivity (Wildman–Crippen MR) is 160 cm³/mol. The molecule has 0 bridgehead atoms. The molecule has 3 aromatic heterocycles. The van der Waals surface area contributed by atoms with Crippen LogP contribution in [0.1, 0.15) is 54.0 Å². The van der Waals surface area contributed by atoms with E-state index in [1.54, 1.807) is 23.5 Å². The molecule has 1 saturated heterocycles. The summed E-state index contributed by atoms with van der Waals surface area (Å²) in [5.41, 5.74) is 4.85. The lowest BCUT2D eigenvalue weighted by Crippen LogP contribution is -2.46. The van der Waals surface area contributed by atoms with Gasteiger partial charge < -0.3 is 14.8 Å². The highest BCUT2D eigenvalue weighted by atomic mass is 79.9. The number of piperidine rings is 1. The fraction of sp³-hybridized carbons (Fsp3) is 0.355. The lowest BCUT2D eigenvalue weighted by atomic mass is 10.0. The molecule has 1 aromatic carbocycles. The van der Waals surface area contributed by atoms with Gasteiger partial charge in [-0.25, -0.2) is 15.0 Å². The maximum absolute atomic E-state index is 13.9. The zero-order valence-corrected chi connectivity index (χ0v) is 25.2. The van der Waals surface area contributed by atoms with Crippen LogP contribution in [-0.2, 0) is 16.1 Å². The van der Waals surface area contributed by atoms with Gasteiger partial charge in [-0.05, 0) is 96.8 Å². The minimum absolute atomic E-state index is 0.0191. The SMILES string of the molecule is CC(=O)c1cn(CC(=O)N2C3C[C@]3(C)C[C@H]2C(=O)Nc2nc(Br)ccc2C)c2c(C)cc(-c3cnc(C)nc3)cc12. The average molecular weight is 616 g/mol. The number of aromatic nitrogens is 4. The zero-order chi connectivity index (χ0) is 29.2. The second-order valence-electron chi connectivity index (χ2n) is 11.6. The van der Waals surface area contributed by atoms with E-state index in [-0.39, 0.29) is 35.6 Å². The van der Waals surface area contributed by atoms with Gasteiger partial charge in [0.1, 0.15) is 28.8 Å². The Hall–Kier alpha value is -3.92. The lowest BCUT2D eigenvalue weighted by Gasteiger charge is -2.27. The number of benzene rings is 1. The Morgan fingerprint density at radius 3 is 2.49 bits per heavy atom. The second kappa shape index (κ2) is 9.87. The van der Waals surface area contributed by atoms with Gasteiger partial charge in [0.15, 0.2) is 5.78 Å². The number of nitrogens with zero attached hydrogens (tertiary/aromatic N) is 5. The van der Waals surface area contributed by atoms with Gasteiger partial charge in [-0.15, -0.1) is 0 Å². The summed E-state index contributed by atoms with van der Waals surface area (Å²) in [6.07, 6.45) is 6.79. The van der Waals surface area contributed by atoms with Gasteiger partial charge in [0.2, 0.25) is 11.8 Å². The van der Waals surface area contributed by atoms with Gasteiger partial charge in [-0.3, -0.25) is 14.4 Å². The molecule has 0 spiro atoms. The summed E-state index contributed by atoms with van der Waals surface area (Å²) in [7, 11) is 0. The van der Waals surface area contributed by atoms with Gasteiger partial charge in [-0.2, -0.15) is 0 Å². The normalized spacial score (nSPS) is 21.2. The number of nitrogens with one attached hydrogen (secondary N) is 1. The number of hydrogen-bond donors (Lipinski definition) is 1. The molecular formula is C31H31BrN6O3. The maximum atomic E-state index is 13.9. The highest BCUT2D eigenvalue weighted by Crippen LogP contribution is 2.59. The molecule has 4 aromatic rings. The van der Waals surface area contributed by atoms with Crippen LogP contribution in [0.2, 0.25) is 0 Å². The fourth-order valence-corrected chi connectivity index (χ4v) is 6.50. The van der Waals surface area contributed by atoms with Crippen LogP contribution in [0.5, 0.6) is 0 Å². The van der Waals surface area contributed by atoms with E-state index >= 15 is 0 Å². The molecule has 41 heavy (non-hydrogen) atoms. The number of Topliss-reactive ketones (excluding diaryl/α,β-unsaturated/α-hetero) is 1. The number of rotatable bonds is 6. The number of halogens is 1. The average Bonchev–Trinajstić information content (AvgIpc) is 3.27. The first-order chi connectivity index (χ1) is 19.4. The van der Waals surface area contributed by atoms with Crippen molar-refractivity contribution in [3.05, 3.63) is 70.0 Å². The van der Waals surface area contributed by atoms with E-state index in [1.807, 2.05) is 49.6 Å². The molecule has 2 aliphatic rings. The van der Waals surface area contributed by atoms with Crippen molar-refractivity contribution in [1.82, 2.24) is 24.4 Å². The first-order valence-electron chi connectivity index (χ1n) is 13.6. The number of pyridine rings is 1. The molecule has 6 rings (SSSR count). The predicted octanol–water partition coefficient (Wildman–Crippen LogP) is 5.40. The standard InChI is InChI=1S/C31H31BrN6O3/c1-16-6-7-26(32)35-29(16)36-30(41)24-10-31(5)11-25(31)38(24)27(40)15-37-14-23(18(3)39)22-9-20(8-17(2)28(22)37)21-12-33-19(4)34-13-21/h6-9,12-14,24-25H,10-11,15H2,1-5H3,(H,35,36,41)/t24-,25?,31-/m0/s1. The van der Waals surface area contributed by atoms with Crippen molar-refractivity contribution in [2.45, 2.75) is 66.1 Å². The number of amides is 2. The highest BCUT2D eigenvalue weighted by molar-refractivity contribution is 9.10.